The van der Waals surface area contributed by atoms with Crippen LogP contribution >= 0.6 is 11.6 Å². The number of rotatable bonds is 6. The average Bonchev–Trinajstić information content (AvgIpc) is 2.98. The van der Waals surface area contributed by atoms with E-state index in [1.54, 1.807) is 0 Å². The topological polar surface area (TPSA) is 124 Å². The van der Waals surface area contributed by atoms with Crippen LogP contribution in [0.3, 0.4) is 0 Å². The molecule has 36 heavy (non-hydrogen) atoms. The zero-order chi connectivity index (χ0) is 26.6. The molecule has 196 valence electrons. The Balaban J connectivity index is 1.59. The number of hydrogen-bond donors (Lipinski definition) is 4. The minimum Gasteiger partial charge on any atom is -0.391 e. The van der Waals surface area contributed by atoms with Crippen molar-refractivity contribution in [3.8, 4) is 0 Å². The van der Waals surface area contributed by atoms with E-state index in [0.29, 0.717) is 25.0 Å². The monoisotopic (exact) mass is 547 g/mol. The van der Waals surface area contributed by atoms with Crippen LogP contribution in [0.1, 0.15) is 43.0 Å². The van der Waals surface area contributed by atoms with Crippen molar-refractivity contribution in [2.24, 2.45) is 11.8 Å². The molecule has 2 fully saturated rings. The van der Waals surface area contributed by atoms with E-state index < -0.39 is 68.1 Å². The standard InChI is InChI=1S/C24H25ClF3NO6S/c1-11(30)22(31)24(33)13-3-4-14(24)8-16(7-13)36(34,35)20-6-12(2-5-17(20)25)23(32)29-15-9-18(26)21(28)19(27)10-15/h2,5-6,9-11,13-14,16,22,30-31,33H,3-4,7-8H2,1H3,(H,29,32)/t11?,13-,14+,16-,22?,24-. The van der Waals surface area contributed by atoms with Crippen molar-refractivity contribution in [2.45, 2.75) is 60.6 Å². The van der Waals surface area contributed by atoms with E-state index in [9.17, 15) is 41.7 Å². The van der Waals surface area contributed by atoms with Gasteiger partial charge in [-0.15, -0.1) is 0 Å². The molecular weight excluding hydrogens is 523 g/mol. The highest BCUT2D eigenvalue weighted by molar-refractivity contribution is 7.92. The van der Waals surface area contributed by atoms with Gasteiger partial charge in [0.05, 0.1) is 26.9 Å². The average molecular weight is 548 g/mol. The molecule has 0 aliphatic heterocycles. The molecule has 2 bridgehead atoms. The molecule has 1 amide bonds. The molecule has 2 unspecified atom stereocenters. The second-order valence-electron chi connectivity index (χ2n) is 9.54. The second kappa shape index (κ2) is 9.60. The van der Waals surface area contributed by atoms with E-state index in [1.807, 2.05) is 0 Å². The van der Waals surface area contributed by atoms with E-state index >= 15 is 0 Å². The SMILES string of the molecule is CC(O)C(O)[C@@]1(O)[C@@H]2CC[C@H]1C[C@H](S(=O)(=O)c1cc(C(=O)Nc3cc(F)c(F)c(F)c3)ccc1Cl)C2. The summed E-state index contributed by atoms with van der Waals surface area (Å²) in [4.78, 5) is 12.3. The van der Waals surface area contributed by atoms with Crippen LogP contribution in [0.5, 0.6) is 0 Å². The van der Waals surface area contributed by atoms with E-state index in [1.165, 1.54) is 19.1 Å². The van der Waals surface area contributed by atoms with Crippen molar-refractivity contribution in [2.75, 3.05) is 5.32 Å². The fraction of sp³-hybridized carbons (Fsp3) is 0.458. The molecule has 0 heterocycles. The number of fused-ring (bicyclic) bond motifs is 2. The van der Waals surface area contributed by atoms with Crippen LogP contribution in [0, 0.1) is 29.3 Å². The van der Waals surface area contributed by atoms with E-state index in [4.69, 9.17) is 11.6 Å². The zero-order valence-corrected chi connectivity index (χ0v) is 20.7. The minimum absolute atomic E-state index is 0.0278. The molecule has 0 spiro atoms. The normalized spacial score (nSPS) is 27.5. The molecule has 2 aliphatic carbocycles. The first-order chi connectivity index (χ1) is 16.8. The summed E-state index contributed by atoms with van der Waals surface area (Å²) in [6.07, 6.45) is -1.59. The number of sulfone groups is 1. The predicted octanol–water partition coefficient (Wildman–Crippen LogP) is 3.44. The van der Waals surface area contributed by atoms with Gasteiger partial charge in [-0.05, 0) is 62.6 Å². The summed E-state index contributed by atoms with van der Waals surface area (Å²) >= 11 is 6.19. The van der Waals surface area contributed by atoms with Crippen molar-refractivity contribution in [3.05, 3.63) is 58.4 Å². The Morgan fingerprint density at radius 3 is 2.17 bits per heavy atom. The van der Waals surface area contributed by atoms with Gasteiger partial charge in [-0.2, -0.15) is 0 Å². The van der Waals surface area contributed by atoms with Crippen LogP contribution in [0.2, 0.25) is 5.02 Å². The fourth-order valence-corrected chi connectivity index (χ4v) is 7.94. The smallest absolute Gasteiger partial charge is 0.255 e. The molecular formula is C24H25ClF3NO6S. The number of nitrogens with one attached hydrogen (secondary N) is 1. The van der Waals surface area contributed by atoms with Gasteiger partial charge in [0.1, 0.15) is 6.10 Å². The summed E-state index contributed by atoms with van der Waals surface area (Å²) in [5.74, 6) is -6.72. The van der Waals surface area contributed by atoms with Gasteiger partial charge >= 0.3 is 0 Å². The molecule has 2 aliphatic rings. The third kappa shape index (κ3) is 4.51. The highest BCUT2D eigenvalue weighted by Crippen LogP contribution is 2.54. The third-order valence-electron chi connectivity index (χ3n) is 7.38. The second-order valence-corrected chi connectivity index (χ2v) is 12.1. The number of aliphatic hydroxyl groups is 3. The first-order valence-corrected chi connectivity index (χ1v) is 13.3. The molecule has 2 saturated carbocycles. The number of hydrogen-bond acceptors (Lipinski definition) is 6. The first-order valence-electron chi connectivity index (χ1n) is 11.3. The first kappa shape index (κ1) is 26.9. The number of aliphatic hydroxyl groups excluding tert-OH is 2. The number of anilines is 1. The minimum atomic E-state index is -4.10. The number of amides is 1. The molecule has 6 atom stereocenters. The van der Waals surface area contributed by atoms with E-state index in [2.05, 4.69) is 5.32 Å². The predicted molar refractivity (Wildman–Crippen MR) is 125 cm³/mol. The van der Waals surface area contributed by atoms with Crippen molar-refractivity contribution >= 4 is 33.0 Å². The molecule has 4 rings (SSSR count). The molecule has 0 radical (unpaired) electrons. The number of benzene rings is 2. The van der Waals surface area contributed by atoms with E-state index in [0.717, 1.165) is 6.07 Å². The summed E-state index contributed by atoms with van der Waals surface area (Å²) in [5, 5.41) is 32.5. The highest BCUT2D eigenvalue weighted by atomic mass is 35.5. The Bertz CT molecular complexity index is 1270. The maximum Gasteiger partial charge on any atom is 0.255 e. The van der Waals surface area contributed by atoms with Crippen molar-refractivity contribution in [1.29, 1.82) is 0 Å². The lowest BCUT2D eigenvalue weighted by atomic mass is 9.70. The van der Waals surface area contributed by atoms with Gasteiger partial charge < -0.3 is 20.6 Å². The summed E-state index contributed by atoms with van der Waals surface area (Å²) in [6, 6.07) is 4.67. The number of carbonyl (C=O) groups is 1. The van der Waals surface area contributed by atoms with Crippen molar-refractivity contribution in [1.82, 2.24) is 0 Å². The Morgan fingerprint density at radius 1 is 1.08 bits per heavy atom. The molecule has 2 aromatic rings. The maximum atomic E-state index is 13.6. The summed E-state index contributed by atoms with van der Waals surface area (Å²) in [6.45, 7) is 1.36. The van der Waals surface area contributed by atoms with Crippen LogP contribution in [0.25, 0.3) is 0 Å². The van der Waals surface area contributed by atoms with Gasteiger partial charge in [-0.3, -0.25) is 4.79 Å². The Morgan fingerprint density at radius 2 is 1.64 bits per heavy atom. The fourth-order valence-electron chi connectivity index (χ4n) is 5.54. The van der Waals surface area contributed by atoms with Crippen LogP contribution in [0.4, 0.5) is 18.9 Å². The summed E-state index contributed by atoms with van der Waals surface area (Å²) < 4.78 is 67.2. The zero-order valence-electron chi connectivity index (χ0n) is 19.1. The molecule has 7 nitrogen and oxygen atoms in total. The molecule has 2 aromatic carbocycles. The Hall–Kier alpha value is -2.18. The lowest BCUT2D eigenvalue weighted by Crippen LogP contribution is -2.58. The van der Waals surface area contributed by atoms with Gasteiger partial charge in [-0.1, -0.05) is 11.6 Å². The van der Waals surface area contributed by atoms with Gasteiger partial charge in [0.25, 0.3) is 5.91 Å². The molecule has 0 aromatic heterocycles. The Kier molecular flexibility index (Phi) is 7.17. The largest absolute Gasteiger partial charge is 0.391 e. The van der Waals surface area contributed by atoms with E-state index in [-0.39, 0.29) is 34.0 Å². The lowest BCUT2D eigenvalue weighted by Gasteiger charge is -2.46. The van der Waals surface area contributed by atoms with Gasteiger partial charge in [-0.25, -0.2) is 21.6 Å². The van der Waals surface area contributed by atoms with Crippen LogP contribution in [0.15, 0.2) is 35.2 Å². The van der Waals surface area contributed by atoms with Crippen LogP contribution in [-0.2, 0) is 9.84 Å². The summed E-state index contributed by atoms with van der Waals surface area (Å²) in [7, 11) is -4.10. The van der Waals surface area contributed by atoms with Crippen molar-refractivity contribution in [3.63, 3.8) is 0 Å². The molecule has 12 heteroatoms. The third-order valence-corrected chi connectivity index (χ3v) is 10.0. The maximum absolute atomic E-state index is 13.6. The summed E-state index contributed by atoms with van der Waals surface area (Å²) in [5.41, 5.74) is -2.13. The van der Waals surface area contributed by atoms with Crippen molar-refractivity contribution < 1.29 is 41.7 Å². The highest BCUT2D eigenvalue weighted by Gasteiger charge is 2.59. The Labute approximate surface area is 210 Å². The lowest BCUT2D eigenvalue weighted by molar-refractivity contribution is -0.172. The van der Waals surface area contributed by atoms with Gasteiger partial charge in [0.2, 0.25) is 0 Å². The van der Waals surface area contributed by atoms with Gasteiger partial charge in [0.15, 0.2) is 27.3 Å². The van der Waals surface area contributed by atoms with Crippen LogP contribution in [-0.4, -0.2) is 52.7 Å². The van der Waals surface area contributed by atoms with Gasteiger partial charge in [0, 0.05) is 23.4 Å². The van der Waals surface area contributed by atoms with Crippen LogP contribution < -0.4 is 5.32 Å². The molecule has 0 saturated heterocycles. The quantitative estimate of drug-likeness (QED) is 0.411. The number of halogens is 4. The molecule has 4 N–H and O–H groups in total. The number of carbonyl (C=O) groups excluding carboxylic acids is 1.